The van der Waals surface area contributed by atoms with E-state index >= 15 is 0 Å². The third kappa shape index (κ3) is 5.18. The predicted octanol–water partition coefficient (Wildman–Crippen LogP) is 0.720. The molecule has 23 heavy (non-hydrogen) atoms. The Hall–Kier alpha value is -1.14. The van der Waals surface area contributed by atoms with Crippen molar-refractivity contribution in [2.24, 2.45) is 11.3 Å². The van der Waals surface area contributed by atoms with Crippen molar-refractivity contribution in [1.29, 1.82) is 0 Å². The molecule has 2 aliphatic heterocycles. The summed E-state index contributed by atoms with van der Waals surface area (Å²) in [5.41, 5.74) is 0.270. The number of hydrogen-bond donors (Lipinski definition) is 1. The van der Waals surface area contributed by atoms with Crippen LogP contribution >= 0.6 is 0 Å². The zero-order chi connectivity index (χ0) is 16.9. The third-order valence-corrected chi connectivity index (χ3v) is 4.98. The second kappa shape index (κ2) is 8.11. The molecule has 0 aromatic carbocycles. The van der Waals surface area contributed by atoms with Gasteiger partial charge in [-0.05, 0) is 45.2 Å². The topological polar surface area (TPSA) is 61.9 Å². The molecule has 2 saturated heterocycles. The van der Waals surface area contributed by atoms with Gasteiger partial charge < -0.3 is 15.0 Å². The summed E-state index contributed by atoms with van der Waals surface area (Å²) in [6.07, 6.45) is 2.60. The zero-order valence-corrected chi connectivity index (χ0v) is 14.8. The SMILES string of the molecule is CCOC(=O)C1CCN(C(=O)CN(C)CC2(C)CCNC2)CC1. The van der Waals surface area contributed by atoms with E-state index < -0.39 is 0 Å². The Labute approximate surface area is 139 Å². The fourth-order valence-electron chi connectivity index (χ4n) is 3.67. The van der Waals surface area contributed by atoms with Gasteiger partial charge in [0.1, 0.15) is 0 Å². The number of ether oxygens (including phenoxy) is 1. The molecule has 1 atom stereocenters. The molecule has 6 heteroatoms. The molecule has 0 radical (unpaired) electrons. The lowest BCUT2D eigenvalue weighted by molar-refractivity contribution is -0.151. The van der Waals surface area contributed by atoms with E-state index in [1.54, 1.807) is 0 Å². The summed E-state index contributed by atoms with van der Waals surface area (Å²) in [5, 5.41) is 3.39. The lowest BCUT2D eigenvalue weighted by Crippen LogP contribution is -2.46. The molecule has 1 amide bonds. The minimum absolute atomic E-state index is 0.0415. The van der Waals surface area contributed by atoms with E-state index in [9.17, 15) is 9.59 Å². The zero-order valence-electron chi connectivity index (χ0n) is 14.8. The van der Waals surface area contributed by atoms with Crippen molar-refractivity contribution < 1.29 is 14.3 Å². The first kappa shape index (κ1) is 18.2. The van der Waals surface area contributed by atoms with Gasteiger partial charge in [-0.3, -0.25) is 14.5 Å². The highest BCUT2D eigenvalue weighted by molar-refractivity contribution is 5.79. The first-order valence-electron chi connectivity index (χ1n) is 8.77. The molecule has 1 unspecified atom stereocenters. The van der Waals surface area contributed by atoms with Crippen molar-refractivity contribution in [3.05, 3.63) is 0 Å². The van der Waals surface area contributed by atoms with Crippen molar-refractivity contribution in [2.45, 2.75) is 33.1 Å². The fourth-order valence-corrected chi connectivity index (χ4v) is 3.67. The maximum atomic E-state index is 12.4. The van der Waals surface area contributed by atoms with Crippen LogP contribution in [0.4, 0.5) is 0 Å². The number of carbonyl (C=O) groups is 2. The van der Waals surface area contributed by atoms with Crippen LogP contribution in [0.2, 0.25) is 0 Å². The molecule has 0 bridgehead atoms. The summed E-state index contributed by atoms with van der Waals surface area (Å²) in [4.78, 5) is 28.2. The molecule has 0 spiro atoms. The van der Waals surface area contributed by atoms with E-state index in [1.165, 1.54) is 0 Å². The van der Waals surface area contributed by atoms with Crippen molar-refractivity contribution in [3.8, 4) is 0 Å². The molecule has 2 fully saturated rings. The Morgan fingerprint density at radius 2 is 2.04 bits per heavy atom. The molecule has 2 heterocycles. The number of nitrogens with zero attached hydrogens (tertiary/aromatic N) is 2. The average Bonchev–Trinajstić information content (AvgIpc) is 2.93. The Morgan fingerprint density at radius 1 is 1.35 bits per heavy atom. The van der Waals surface area contributed by atoms with Gasteiger partial charge in [-0.15, -0.1) is 0 Å². The van der Waals surface area contributed by atoms with E-state index in [-0.39, 0.29) is 23.2 Å². The molecular weight excluding hydrogens is 294 g/mol. The van der Waals surface area contributed by atoms with Crippen LogP contribution in [-0.2, 0) is 14.3 Å². The third-order valence-electron chi connectivity index (χ3n) is 4.98. The van der Waals surface area contributed by atoms with Gasteiger partial charge in [0.2, 0.25) is 5.91 Å². The second-order valence-corrected chi connectivity index (χ2v) is 7.32. The molecule has 132 valence electrons. The number of hydrogen-bond acceptors (Lipinski definition) is 5. The van der Waals surface area contributed by atoms with Crippen molar-refractivity contribution in [1.82, 2.24) is 15.1 Å². The van der Waals surface area contributed by atoms with Gasteiger partial charge in [0.05, 0.1) is 19.1 Å². The molecular formula is C17H31N3O3. The highest BCUT2D eigenvalue weighted by atomic mass is 16.5. The molecule has 6 nitrogen and oxygen atoms in total. The van der Waals surface area contributed by atoms with E-state index in [4.69, 9.17) is 4.74 Å². The average molecular weight is 325 g/mol. The fraction of sp³-hybridized carbons (Fsp3) is 0.882. The maximum Gasteiger partial charge on any atom is 0.309 e. The van der Waals surface area contributed by atoms with E-state index in [2.05, 4.69) is 17.1 Å². The van der Waals surface area contributed by atoms with Gasteiger partial charge in [-0.1, -0.05) is 6.92 Å². The van der Waals surface area contributed by atoms with Gasteiger partial charge >= 0.3 is 5.97 Å². The van der Waals surface area contributed by atoms with Gasteiger partial charge in [0, 0.05) is 26.2 Å². The first-order valence-corrected chi connectivity index (χ1v) is 8.77. The monoisotopic (exact) mass is 325 g/mol. The Kier molecular flexibility index (Phi) is 6.41. The van der Waals surface area contributed by atoms with Crippen LogP contribution in [0.1, 0.15) is 33.1 Å². The molecule has 0 aliphatic carbocycles. The number of carbonyl (C=O) groups excluding carboxylic acids is 2. The van der Waals surface area contributed by atoms with E-state index in [1.807, 2.05) is 18.9 Å². The summed E-state index contributed by atoms with van der Waals surface area (Å²) in [6.45, 7) is 9.34. The molecule has 2 aliphatic rings. The van der Waals surface area contributed by atoms with Gasteiger partial charge in [-0.2, -0.15) is 0 Å². The standard InChI is InChI=1S/C17H31N3O3/c1-4-23-16(22)14-5-9-20(10-6-14)15(21)11-19(3)13-17(2)7-8-18-12-17/h14,18H,4-13H2,1-3H3. The molecule has 0 aromatic rings. The molecule has 0 saturated carbocycles. The number of nitrogens with one attached hydrogen (secondary N) is 1. The van der Waals surface area contributed by atoms with Crippen LogP contribution in [0.3, 0.4) is 0 Å². The maximum absolute atomic E-state index is 12.4. The smallest absolute Gasteiger partial charge is 0.309 e. The van der Waals surface area contributed by atoms with Crippen molar-refractivity contribution >= 4 is 11.9 Å². The van der Waals surface area contributed by atoms with Crippen LogP contribution in [0, 0.1) is 11.3 Å². The van der Waals surface area contributed by atoms with Gasteiger partial charge in [0.25, 0.3) is 0 Å². The number of piperidine rings is 1. The number of likely N-dealkylation sites (N-methyl/N-ethyl adjacent to an activating group) is 1. The first-order chi connectivity index (χ1) is 10.9. The summed E-state index contributed by atoms with van der Waals surface area (Å²) < 4.78 is 5.07. The lowest BCUT2D eigenvalue weighted by Gasteiger charge is -2.34. The summed E-state index contributed by atoms with van der Waals surface area (Å²) in [7, 11) is 2.02. The number of amides is 1. The summed E-state index contributed by atoms with van der Waals surface area (Å²) in [5.74, 6) is 0.0166. The number of rotatable bonds is 6. The van der Waals surface area contributed by atoms with E-state index in [0.717, 1.165) is 38.9 Å². The Bertz CT molecular complexity index is 413. The lowest BCUT2D eigenvalue weighted by atomic mass is 9.89. The number of likely N-dealkylation sites (tertiary alicyclic amines) is 1. The van der Waals surface area contributed by atoms with Crippen LogP contribution in [0.5, 0.6) is 0 Å². The molecule has 0 aromatic heterocycles. The van der Waals surface area contributed by atoms with Gasteiger partial charge in [-0.25, -0.2) is 0 Å². The predicted molar refractivity (Wildman–Crippen MR) is 89.0 cm³/mol. The van der Waals surface area contributed by atoms with Crippen LogP contribution in [0.15, 0.2) is 0 Å². The second-order valence-electron chi connectivity index (χ2n) is 7.32. The van der Waals surface area contributed by atoms with Crippen molar-refractivity contribution in [2.75, 3.05) is 52.9 Å². The van der Waals surface area contributed by atoms with Crippen LogP contribution in [0.25, 0.3) is 0 Å². The Balaban J connectivity index is 1.73. The van der Waals surface area contributed by atoms with Gasteiger partial charge in [0.15, 0.2) is 0 Å². The quantitative estimate of drug-likeness (QED) is 0.729. The highest BCUT2D eigenvalue weighted by Crippen LogP contribution is 2.25. The highest BCUT2D eigenvalue weighted by Gasteiger charge is 2.32. The Morgan fingerprint density at radius 3 is 2.61 bits per heavy atom. The van der Waals surface area contributed by atoms with Crippen molar-refractivity contribution in [3.63, 3.8) is 0 Å². The largest absolute Gasteiger partial charge is 0.466 e. The molecule has 2 rings (SSSR count). The van der Waals surface area contributed by atoms with Crippen LogP contribution in [-0.4, -0.2) is 74.6 Å². The summed E-state index contributed by atoms with van der Waals surface area (Å²) >= 11 is 0. The number of esters is 1. The van der Waals surface area contributed by atoms with E-state index in [0.29, 0.717) is 26.2 Å². The molecule has 1 N–H and O–H groups in total. The minimum atomic E-state index is -0.113. The van der Waals surface area contributed by atoms with Crippen LogP contribution < -0.4 is 5.32 Å². The minimum Gasteiger partial charge on any atom is -0.466 e. The summed E-state index contributed by atoms with van der Waals surface area (Å²) in [6, 6.07) is 0. The normalized spacial score (nSPS) is 25.8.